The maximum Gasteiger partial charge on any atom is 0.418 e. The van der Waals surface area contributed by atoms with Gasteiger partial charge in [-0.3, -0.25) is 4.79 Å². The van der Waals surface area contributed by atoms with E-state index in [9.17, 15) is 26.4 Å². The van der Waals surface area contributed by atoms with Gasteiger partial charge in [0.05, 0.1) is 16.1 Å². The Morgan fingerprint density at radius 3 is 2.35 bits per heavy atom. The molecule has 1 amide bonds. The topological polar surface area (TPSA) is 107 Å². The van der Waals surface area contributed by atoms with E-state index in [0.717, 1.165) is 28.6 Å². The van der Waals surface area contributed by atoms with E-state index >= 15 is 0 Å². The molecule has 0 aliphatic heterocycles. The summed E-state index contributed by atoms with van der Waals surface area (Å²) >= 11 is 1.02. The second-order valence-corrected chi connectivity index (χ2v) is 8.97. The third-order valence-corrected chi connectivity index (χ3v) is 6.87. The van der Waals surface area contributed by atoms with E-state index in [4.69, 9.17) is 5.73 Å². The molecule has 0 spiro atoms. The quantitative estimate of drug-likeness (QED) is 0.533. The maximum atomic E-state index is 13.1. The number of nitrogens with one attached hydrogen (secondary N) is 1. The van der Waals surface area contributed by atoms with Crippen LogP contribution in [0.1, 0.15) is 5.56 Å². The number of alkyl halides is 3. The molecular weight excluding hydrogens is 453 g/mol. The highest BCUT2D eigenvalue weighted by Gasteiger charge is 2.34. The molecule has 0 fully saturated rings. The summed E-state index contributed by atoms with van der Waals surface area (Å²) in [5, 5.41) is 6.32. The van der Waals surface area contributed by atoms with Crippen LogP contribution < -0.4 is 11.1 Å². The number of amides is 1. The molecule has 0 bridgehead atoms. The summed E-state index contributed by atoms with van der Waals surface area (Å²) in [5.74, 6) is -1.13. The predicted octanol–water partition coefficient (Wildman–Crippen LogP) is 3.68. The van der Waals surface area contributed by atoms with Gasteiger partial charge in [-0.2, -0.15) is 18.3 Å². The molecule has 7 nitrogen and oxygen atoms in total. The normalized spacial score (nSPS) is 12.0. The summed E-state index contributed by atoms with van der Waals surface area (Å²) in [6.45, 7) is -0.574. The molecule has 1 aromatic heterocycles. The van der Waals surface area contributed by atoms with Gasteiger partial charge in [0.15, 0.2) is 0 Å². The Labute approximate surface area is 180 Å². The lowest BCUT2D eigenvalue weighted by Crippen LogP contribution is -2.22. The number of hydrogen-bond acceptors (Lipinski definition) is 6. The van der Waals surface area contributed by atoms with E-state index in [1.165, 1.54) is 24.3 Å². The second kappa shape index (κ2) is 8.63. The molecule has 0 radical (unpaired) electrons. The minimum absolute atomic E-state index is 0.0000982. The number of nitrogens with zero attached hydrogens (tertiary/aromatic N) is 2. The number of halogens is 3. The van der Waals surface area contributed by atoms with Gasteiger partial charge in [0, 0.05) is 0 Å². The molecule has 164 valence electrons. The smallest absolute Gasteiger partial charge is 0.383 e. The molecule has 3 aromatic rings. The van der Waals surface area contributed by atoms with E-state index in [2.05, 4.69) is 10.4 Å². The van der Waals surface area contributed by atoms with Crippen LogP contribution >= 0.6 is 11.8 Å². The average Bonchev–Trinajstić information content (AvgIpc) is 3.04. The van der Waals surface area contributed by atoms with Gasteiger partial charge >= 0.3 is 6.18 Å². The van der Waals surface area contributed by atoms with Crippen molar-refractivity contribution in [2.45, 2.75) is 27.5 Å². The largest absolute Gasteiger partial charge is 0.418 e. The molecule has 0 aliphatic rings. The Hall–Kier alpha value is -2.99. The summed E-state index contributed by atoms with van der Waals surface area (Å²) in [5.41, 5.74) is 4.56. The number of para-hydroxylation sites is 1. The number of hydrogen-bond donors (Lipinski definition) is 2. The molecule has 3 N–H and O–H groups in total. The van der Waals surface area contributed by atoms with Gasteiger partial charge in [-0.1, -0.05) is 30.3 Å². The number of benzene rings is 2. The first-order chi connectivity index (χ1) is 14.6. The van der Waals surface area contributed by atoms with Crippen molar-refractivity contribution in [3.8, 4) is 0 Å². The van der Waals surface area contributed by atoms with Crippen LogP contribution in [-0.4, -0.2) is 30.4 Å². The van der Waals surface area contributed by atoms with Crippen molar-refractivity contribution >= 4 is 39.0 Å². The zero-order valence-electron chi connectivity index (χ0n) is 16.1. The van der Waals surface area contributed by atoms with Gasteiger partial charge in [0.2, 0.25) is 15.7 Å². The number of anilines is 2. The number of carbonyl (C=O) groups is 1. The van der Waals surface area contributed by atoms with E-state index in [0.29, 0.717) is 0 Å². The first kappa shape index (κ1) is 22.7. The summed E-state index contributed by atoms with van der Waals surface area (Å²) in [7, 11) is -4.02. The Morgan fingerprint density at radius 2 is 1.74 bits per heavy atom. The van der Waals surface area contributed by atoms with Gasteiger partial charge < -0.3 is 11.1 Å². The average molecular weight is 470 g/mol. The standard InChI is InChI=1S/C19H17F3N4O3S2/c1-30-18-16(31(28,29)12-7-3-2-4-8-12)17(23)26(25-18)11-15(27)24-14-10-6-5-9-13(14)19(20,21)22/h2-10H,11,23H2,1H3,(H,24,27). The maximum absolute atomic E-state index is 13.1. The fourth-order valence-electron chi connectivity index (χ4n) is 2.82. The van der Waals surface area contributed by atoms with Crippen LogP contribution in [0.2, 0.25) is 0 Å². The van der Waals surface area contributed by atoms with E-state index in [1.807, 2.05) is 0 Å². The van der Waals surface area contributed by atoms with Gasteiger partial charge in [-0.25, -0.2) is 13.1 Å². The fourth-order valence-corrected chi connectivity index (χ4v) is 5.28. The highest BCUT2D eigenvalue weighted by molar-refractivity contribution is 7.99. The Kier molecular flexibility index (Phi) is 6.32. The first-order valence-corrected chi connectivity index (χ1v) is 11.4. The molecule has 2 aromatic carbocycles. The van der Waals surface area contributed by atoms with Gasteiger partial charge in [0.1, 0.15) is 22.3 Å². The molecule has 12 heteroatoms. The number of nitrogens with two attached hydrogens (primary N) is 1. The molecule has 1 heterocycles. The lowest BCUT2D eigenvalue weighted by molar-refractivity contribution is -0.137. The molecule has 0 aliphatic carbocycles. The summed E-state index contributed by atoms with van der Waals surface area (Å²) in [6, 6.07) is 12.1. The fraction of sp³-hybridized carbons (Fsp3) is 0.158. The molecule has 0 saturated carbocycles. The summed E-state index contributed by atoms with van der Waals surface area (Å²) in [6.07, 6.45) is -3.06. The highest BCUT2D eigenvalue weighted by atomic mass is 32.2. The van der Waals surface area contributed by atoms with Crippen LogP contribution in [-0.2, 0) is 27.4 Å². The molecule has 0 atom stereocenters. The van der Waals surface area contributed by atoms with Gasteiger partial charge in [-0.05, 0) is 30.5 Å². The van der Waals surface area contributed by atoms with E-state index in [-0.39, 0.29) is 20.6 Å². The number of rotatable bonds is 6. The second-order valence-electron chi connectivity index (χ2n) is 6.29. The Balaban J connectivity index is 1.92. The zero-order valence-corrected chi connectivity index (χ0v) is 17.7. The van der Waals surface area contributed by atoms with Crippen molar-refractivity contribution in [2.75, 3.05) is 17.3 Å². The SMILES string of the molecule is CSc1nn(CC(=O)Nc2ccccc2C(F)(F)F)c(N)c1S(=O)(=O)c1ccccc1. The molecule has 0 unspecified atom stereocenters. The monoisotopic (exact) mass is 470 g/mol. The van der Waals surface area contributed by atoms with Crippen LogP contribution in [0.5, 0.6) is 0 Å². The Bertz CT molecular complexity index is 1210. The van der Waals surface area contributed by atoms with Crippen molar-refractivity contribution in [1.29, 1.82) is 0 Å². The lowest BCUT2D eigenvalue weighted by Gasteiger charge is -2.13. The number of thioether (sulfide) groups is 1. The highest BCUT2D eigenvalue weighted by Crippen LogP contribution is 2.35. The Morgan fingerprint density at radius 1 is 1.13 bits per heavy atom. The van der Waals surface area contributed by atoms with Crippen molar-refractivity contribution < 1.29 is 26.4 Å². The summed E-state index contributed by atoms with van der Waals surface area (Å²) < 4.78 is 66.3. The van der Waals surface area contributed by atoms with Crippen molar-refractivity contribution in [1.82, 2.24) is 9.78 Å². The van der Waals surface area contributed by atoms with Crippen molar-refractivity contribution in [2.24, 2.45) is 0 Å². The van der Waals surface area contributed by atoms with E-state index < -0.39 is 39.7 Å². The minimum atomic E-state index is -4.66. The first-order valence-electron chi connectivity index (χ1n) is 8.72. The van der Waals surface area contributed by atoms with Crippen LogP contribution in [0.3, 0.4) is 0 Å². The molecule has 3 rings (SSSR count). The van der Waals surface area contributed by atoms with Crippen LogP contribution in [0.4, 0.5) is 24.7 Å². The molecule has 0 saturated heterocycles. The summed E-state index contributed by atoms with van der Waals surface area (Å²) in [4.78, 5) is 12.1. The predicted molar refractivity (Wildman–Crippen MR) is 110 cm³/mol. The van der Waals surface area contributed by atoms with Crippen LogP contribution in [0, 0.1) is 0 Å². The number of nitrogen functional groups attached to an aromatic ring is 1. The van der Waals surface area contributed by atoms with Crippen LogP contribution in [0.25, 0.3) is 0 Å². The van der Waals surface area contributed by atoms with Gasteiger partial charge in [0.25, 0.3) is 0 Å². The molecular formula is C19H17F3N4O3S2. The third kappa shape index (κ3) is 4.69. The van der Waals surface area contributed by atoms with Crippen LogP contribution in [0.15, 0.2) is 69.4 Å². The zero-order chi connectivity index (χ0) is 22.8. The number of carbonyl (C=O) groups excluding carboxylic acids is 1. The van der Waals surface area contributed by atoms with Gasteiger partial charge in [-0.15, -0.1) is 11.8 Å². The van der Waals surface area contributed by atoms with E-state index in [1.54, 1.807) is 24.5 Å². The van der Waals surface area contributed by atoms with Crippen molar-refractivity contribution in [3.05, 3.63) is 60.2 Å². The minimum Gasteiger partial charge on any atom is -0.383 e. The third-order valence-electron chi connectivity index (χ3n) is 4.23. The van der Waals surface area contributed by atoms with Crippen molar-refractivity contribution in [3.63, 3.8) is 0 Å². The lowest BCUT2D eigenvalue weighted by atomic mass is 10.1. The number of aromatic nitrogens is 2. The molecule has 31 heavy (non-hydrogen) atoms. The number of sulfone groups is 1.